The molecule has 1 saturated heterocycles. The van der Waals surface area contributed by atoms with E-state index >= 15 is 0 Å². The number of nitrogens with zero attached hydrogens (tertiary/aromatic N) is 3. The zero-order valence-electron chi connectivity index (χ0n) is 16.5. The summed E-state index contributed by atoms with van der Waals surface area (Å²) >= 11 is 0. The van der Waals surface area contributed by atoms with E-state index in [-0.39, 0.29) is 0 Å². The SMILES string of the molecule is Cc1nc(-c2cccc(NC(=O)CN3C(=O)NC(C)(c4ccccc4)C3=O)c2)n[nH]1. The number of aromatic nitrogens is 3. The van der Waals surface area contributed by atoms with Crippen molar-refractivity contribution in [3.05, 3.63) is 66.0 Å². The molecule has 0 spiro atoms. The predicted octanol–water partition coefficient (Wildman–Crippen LogP) is 2.19. The number of rotatable bonds is 5. The molecule has 4 rings (SSSR count). The quantitative estimate of drug-likeness (QED) is 0.563. The first-order valence-corrected chi connectivity index (χ1v) is 9.36. The molecular weight excluding hydrogens is 384 g/mol. The van der Waals surface area contributed by atoms with E-state index < -0.39 is 29.9 Å². The van der Waals surface area contributed by atoms with Crippen LogP contribution in [0.1, 0.15) is 18.3 Å². The summed E-state index contributed by atoms with van der Waals surface area (Å²) < 4.78 is 0. The van der Waals surface area contributed by atoms with Crippen molar-refractivity contribution in [2.45, 2.75) is 19.4 Å². The fourth-order valence-corrected chi connectivity index (χ4v) is 3.36. The number of anilines is 1. The summed E-state index contributed by atoms with van der Waals surface area (Å²) in [5.74, 6) is 0.230. The molecule has 1 fully saturated rings. The fraction of sp³-hybridized carbons (Fsp3) is 0.190. The standard InChI is InChI=1S/C21H20N6O3/c1-13-22-18(26-25-13)14-7-6-10-16(11-14)23-17(28)12-27-19(29)21(2,24-20(27)30)15-8-4-3-5-9-15/h3-11H,12H2,1-2H3,(H,23,28)(H,24,30)(H,22,25,26). The van der Waals surface area contributed by atoms with Crippen LogP contribution in [0.4, 0.5) is 10.5 Å². The summed E-state index contributed by atoms with van der Waals surface area (Å²) in [5.41, 5.74) is 0.685. The number of benzene rings is 2. The lowest BCUT2D eigenvalue weighted by Crippen LogP contribution is -2.42. The van der Waals surface area contributed by atoms with E-state index in [2.05, 4.69) is 25.8 Å². The van der Waals surface area contributed by atoms with Gasteiger partial charge in [0.1, 0.15) is 17.9 Å². The number of aryl methyl sites for hydroxylation is 1. The first-order valence-electron chi connectivity index (χ1n) is 9.36. The zero-order chi connectivity index (χ0) is 21.3. The fourth-order valence-electron chi connectivity index (χ4n) is 3.36. The van der Waals surface area contributed by atoms with Crippen LogP contribution in [0.2, 0.25) is 0 Å². The third-order valence-electron chi connectivity index (χ3n) is 4.93. The van der Waals surface area contributed by atoms with Crippen molar-refractivity contribution in [1.82, 2.24) is 25.4 Å². The van der Waals surface area contributed by atoms with E-state index in [0.717, 1.165) is 10.5 Å². The average Bonchev–Trinajstić information content (AvgIpc) is 3.26. The molecule has 0 saturated carbocycles. The molecule has 0 aliphatic carbocycles. The molecule has 0 radical (unpaired) electrons. The van der Waals surface area contributed by atoms with Crippen LogP contribution in [0.25, 0.3) is 11.4 Å². The van der Waals surface area contributed by atoms with Crippen LogP contribution >= 0.6 is 0 Å². The monoisotopic (exact) mass is 404 g/mol. The van der Waals surface area contributed by atoms with Gasteiger partial charge in [-0.2, -0.15) is 5.10 Å². The summed E-state index contributed by atoms with van der Waals surface area (Å²) in [4.78, 5) is 43.0. The second kappa shape index (κ2) is 7.43. The Morgan fingerprint density at radius 3 is 2.60 bits per heavy atom. The van der Waals surface area contributed by atoms with Crippen molar-refractivity contribution in [3.63, 3.8) is 0 Å². The number of hydrogen-bond acceptors (Lipinski definition) is 5. The molecule has 1 atom stereocenters. The second-order valence-electron chi connectivity index (χ2n) is 7.19. The van der Waals surface area contributed by atoms with Crippen molar-refractivity contribution in [2.24, 2.45) is 0 Å². The highest BCUT2D eigenvalue weighted by Crippen LogP contribution is 2.28. The molecule has 3 N–H and O–H groups in total. The van der Waals surface area contributed by atoms with Gasteiger partial charge in [-0.25, -0.2) is 9.78 Å². The van der Waals surface area contributed by atoms with E-state index in [4.69, 9.17) is 0 Å². The number of urea groups is 1. The highest BCUT2D eigenvalue weighted by Gasteiger charge is 2.49. The van der Waals surface area contributed by atoms with Gasteiger partial charge in [-0.05, 0) is 31.5 Å². The Balaban J connectivity index is 1.47. The number of hydrogen-bond donors (Lipinski definition) is 3. The van der Waals surface area contributed by atoms with Gasteiger partial charge in [-0.3, -0.25) is 19.6 Å². The number of carbonyl (C=O) groups excluding carboxylic acids is 3. The number of nitrogens with one attached hydrogen (secondary N) is 3. The lowest BCUT2D eigenvalue weighted by atomic mass is 9.92. The van der Waals surface area contributed by atoms with Gasteiger partial charge in [0.25, 0.3) is 5.91 Å². The average molecular weight is 404 g/mol. The Kier molecular flexibility index (Phi) is 4.78. The largest absolute Gasteiger partial charge is 0.325 e. The molecule has 30 heavy (non-hydrogen) atoms. The van der Waals surface area contributed by atoms with Crippen LogP contribution in [-0.2, 0) is 15.1 Å². The Hall–Kier alpha value is -4.01. The van der Waals surface area contributed by atoms with Crippen LogP contribution in [0.15, 0.2) is 54.6 Å². The second-order valence-corrected chi connectivity index (χ2v) is 7.19. The number of carbonyl (C=O) groups is 3. The summed E-state index contributed by atoms with van der Waals surface area (Å²) in [6.45, 7) is 3.03. The van der Waals surface area contributed by atoms with Crippen LogP contribution in [0.3, 0.4) is 0 Å². The Labute approximate surface area is 172 Å². The number of aromatic amines is 1. The minimum absolute atomic E-state index is 0.392. The van der Waals surface area contributed by atoms with Crippen LogP contribution in [-0.4, -0.2) is 44.5 Å². The molecule has 1 unspecified atom stereocenters. The maximum atomic E-state index is 12.9. The van der Waals surface area contributed by atoms with Crippen molar-refractivity contribution < 1.29 is 14.4 Å². The number of imide groups is 1. The Bertz CT molecular complexity index is 1130. The summed E-state index contributed by atoms with van der Waals surface area (Å²) in [6.07, 6.45) is 0. The smallest absolute Gasteiger partial charge is 0.325 e. The molecule has 4 amide bonds. The first-order chi connectivity index (χ1) is 14.4. The number of H-pyrrole nitrogens is 1. The highest BCUT2D eigenvalue weighted by molar-refractivity contribution is 6.10. The molecule has 152 valence electrons. The predicted molar refractivity (Wildman–Crippen MR) is 109 cm³/mol. The van der Waals surface area contributed by atoms with Crippen molar-refractivity contribution in [2.75, 3.05) is 11.9 Å². The van der Waals surface area contributed by atoms with Crippen LogP contribution in [0.5, 0.6) is 0 Å². The molecule has 2 heterocycles. The third kappa shape index (κ3) is 3.52. The minimum atomic E-state index is -1.21. The van der Waals surface area contributed by atoms with E-state index in [1.54, 1.807) is 56.3 Å². The summed E-state index contributed by atoms with van der Waals surface area (Å²) in [6, 6.07) is 15.3. The molecule has 1 aromatic heterocycles. The van der Waals surface area contributed by atoms with Crippen molar-refractivity contribution in [3.8, 4) is 11.4 Å². The maximum Gasteiger partial charge on any atom is 0.325 e. The van der Waals surface area contributed by atoms with Crippen molar-refractivity contribution >= 4 is 23.5 Å². The van der Waals surface area contributed by atoms with Gasteiger partial charge in [0.05, 0.1) is 0 Å². The van der Waals surface area contributed by atoms with Crippen LogP contribution in [0, 0.1) is 6.92 Å². The minimum Gasteiger partial charge on any atom is -0.325 e. The summed E-state index contributed by atoms with van der Waals surface area (Å²) in [7, 11) is 0. The lowest BCUT2D eigenvalue weighted by Gasteiger charge is -2.22. The van der Waals surface area contributed by atoms with Crippen molar-refractivity contribution in [1.29, 1.82) is 0 Å². The van der Waals surface area contributed by atoms with Gasteiger partial charge in [0.2, 0.25) is 5.91 Å². The van der Waals surface area contributed by atoms with Gasteiger partial charge < -0.3 is 10.6 Å². The van der Waals surface area contributed by atoms with Gasteiger partial charge in [-0.15, -0.1) is 0 Å². The highest BCUT2D eigenvalue weighted by atomic mass is 16.2. The Morgan fingerprint density at radius 1 is 1.13 bits per heavy atom. The van der Waals surface area contributed by atoms with Gasteiger partial charge >= 0.3 is 6.03 Å². The molecule has 3 aromatic rings. The van der Waals surface area contributed by atoms with Gasteiger partial charge in [0, 0.05) is 11.3 Å². The van der Waals surface area contributed by atoms with Gasteiger partial charge in [-0.1, -0.05) is 42.5 Å². The van der Waals surface area contributed by atoms with E-state index in [1.165, 1.54) is 0 Å². The molecule has 1 aliphatic rings. The molecule has 2 aromatic carbocycles. The summed E-state index contributed by atoms with van der Waals surface area (Å²) in [5, 5.41) is 12.3. The van der Waals surface area contributed by atoms with E-state index in [1.807, 2.05) is 12.1 Å². The lowest BCUT2D eigenvalue weighted by molar-refractivity contribution is -0.133. The third-order valence-corrected chi connectivity index (χ3v) is 4.93. The molecule has 1 aliphatic heterocycles. The Morgan fingerprint density at radius 2 is 1.90 bits per heavy atom. The maximum absolute atomic E-state index is 12.9. The molecular formula is C21H20N6O3. The van der Waals surface area contributed by atoms with Crippen LogP contribution < -0.4 is 10.6 Å². The molecule has 9 heteroatoms. The van der Waals surface area contributed by atoms with E-state index in [9.17, 15) is 14.4 Å². The zero-order valence-corrected chi connectivity index (χ0v) is 16.5. The normalized spacial score (nSPS) is 18.4. The molecule has 9 nitrogen and oxygen atoms in total. The first kappa shape index (κ1) is 19.3. The topological polar surface area (TPSA) is 120 Å². The molecule has 0 bridgehead atoms. The van der Waals surface area contributed by atoms with E-state index in [0.29, 0.717) is 22.9 Å². The number of amides is 4. The van der Waals surface area contributed by atoms with Gasteiger partial charge in [0.15, 0.2) is 5.82 Å².